The third-order valence-corrected chi connectivity index (χ3v) is 3.83. The van der Waals surface area contributed by atoms with Gasteiger partial charge in [0.1, 0.15) is 0 Å². The zero-order chi connectivity index (χ0) is 16.6. The summed E-state index contributed by atoms with van der Waals surface area (Å²) in [6.07, 6.45) is 7.09. The first-order valence-corrected chi connectivity index (χ1v) is 8.76. The van der Waals surface area contributed by atoms with Crippen molar-refractivity contribution in [2.24, 2.45) is 10.9 Å². The number of carbonyl (C=O) groups is 1. The fourth-order valence-corrected chi connectivity index (χ4v) is 2.17. The molecule has 5 nitrogen and oxygen atoms in total. The number of rotatable bonds is 12. The van der Waals surface area contributed by atoms with Crippen molar-refractivity contribution in [3.63, 3.8) is 0 Å². The number of methoxy groups -OCH3 is 1. The molecule has 0 aliphatic rings. The van der Waals surface area contributed by atoms with Crippen molar-refractivity contribution in [3.05, 3.63) is 0 Å². The lowest BCUT2D eigenvalue weighted by Gasteiger charge is -2.13. The number of hydrogen-bond donors (Lipinski definition) is 2. The molecule has 0 radical (unpaired) electrons. The topological polar surface area (TPSA) is 62.7 Å². The number of unbranched alkanes of at least 4 members (excludes halogenated alkanes) is 3. The number of ether oxygens (including phenoxy) is 1. The van der Waals surface area contributed by atoms with Crippen LogP contribution in [0.4, 0.5) is 0 Å². The fourth-order valence-electron chi connectivity index (χ4n) is 2.17. The third-order valence-electron chi connectivity index (χ3n) is 3.83. The Hall–Kier alpha value is -0.530. The minimum Gasteiger partial charge on any atom is -0.469 e. The lowest BCUT2D eigenvalue weighted by Crippen LogP contribution is -2.38. The summed E-state index contributed by atoms with van der Waals surface area (Å²) in [6, 6.07) is 0. The molecule has 0 aromatic rings. The third kappa shape index (κ3) is 14.8. The molecule has 138 valence electrons. The Labute approximate surface area is 159 Å². The van der Waals surface area contributed by atoms with Crippen LogP contribution in [0, 0.1) is 5.92 Å². The maximum atomic E-state index is 11.0. The molecule has 23 heavy (non-hydrogen) atoms. The highest BCUT2D eigenvalue weighted by Gasteiger charge is 2.03. The molecule has 0 saturated heterocycles. The number of carbonyl (C=O) groups excluding carboxylic acids is 1. The van der Waals surface area contributed by atoms with Crippen molar-refractivity contribution in [1.29, 1.82) is 0 Å². The largest absolute Gasteiger partial charge is 0.469 e. The summed E-state index contributed by atoms with van der Waals surface area (Å²) in [5, 5.41) is 6.67. The molecule has 0 unspecified atom stereocenters. The molecule has 0 aromatic heterocycles. The van der Waals surface area contributed by atoms with Gasteiger partial charge in [-0.15, -0.1) is 24.0 Å². The quantitative estimate of drug-likeness (QED) is 0.159. The normalized spacial score (nSPS) is 11.1. The number of guanidine groups is 1. The van der Waals surface area contributed by atoms with Crippen LogP contribution in [-0.4, -0.2) is 38.7 Å². The number of aliphatic imine (C=N–C) groups is 1. The molecule has 0 rings (SSSR count). The van der Waals surface area contributed by atoms with Crippen LogP contribution in [0.5, 0.6) is 0 Å². The molecule has 0 aromatic carbocycles. The van der Waals surface area contributed by atoms with Crippen molar-refractivity contribution in [2.75, 3.05) is 26.7 Å². The van der Waals surface area contributed by atoms with E-state index in [-0.39, 0.29) is 29.9 Å². The van der Waals surface area contributed by atoms with Crippen LogP contribution in [0.3, 0.4) is 0 Å². The molecule has 0 heterocycles. The molecule has 0 aliphatic heterocycles. The van der Waals surface area contributed by atoms with E-state index >= 15 is 0 Å². The lowest BCUT2D eigenvalue weighted by molar-refractivity contribution is -0.140. The highest BCUT2D eigenvalue weighted by Crippen LogP contribution is 2.07. The molecule has 0 bridgehead atoms. The molecule has 0 atom stereocenters. The molecular formula is C17H36IN3O2. The van der Waals surface area contributed by atoms with Gasteiger partial charge in [0.25, 0.3) is 0 Å². The highest BCUT2D eigenvalue weighted by molar-refractivity contribution is 14.0. The summed E-state index contributed by atoms with van der Waals surface area (Å²) in [4.78, 5) is 15.6. The van der Waals surface area contributed by atoms with E-state index in [1.54, 1.807) is 0 Å². The Bertz CT molecular complexity index is 308. The Morgan fingerprint density at radius 1 is 1.04 bits per heavy atom. The summed E-state index contributed by atoms with van der Waals surface area (Å²) in [7, 11) is 1.44. The number of nitrogens with zero attached hydrogens (tertiary/aromatic N) is 1. The maximum absolute atomic E-state index is 11.0. The van der Waals surface area contributed by atoms with E-state index in [0.29, 0.717) is 12.3 Å². The molecule has 6 heteroatoms. The van der Waals surface area contributed by atoms with Crippen molar-refractivity contribution in [2.45, 2.75) is 65.7 Å². The van der Waals surface area contributed by atoms with E-state index in [1.807, 2.05) is 0 Å². The Kier molecular flexibility index (Phi) is 19.1. The fraction of sp³-hybridized carbons (Fsp3) is 0.882. The van der Waals surface area contributed by atoms with Crippen molar-refractivity contribution >= 4 is 35.9 Å². The minimum absolute atomic E-state index is 0. The monoisotopic (exact) mass is 441 g/mol. The summed E-state index contributed by atoms with van der Waals surface area (Å²) in [5.74, 6) is 1.49. The number of esters is 1. The predicted octanol–water partition coefficient (Wildman–Crippen LogP) is 3.72. The van der Waals surface area contributed by atoms with Gasteiger partial charge >= 0.3 is 5.97 Å². The first kappa shape index (κ1) is 24.7. The molecule has 0 spiro atoms. The second-order valence-electron chi connectivity index (χ2n) is 5.57. The zero-order valence-corrected chi connectivity index (χ0v) is 17.7. The molecular weight excluding hydrogens is 405 g/mol. The van der Waals surface area contributed by atoms with Gasteiger partial charge in [-0.1, -0.05) is 39.5 Å². The van der Waals surface area contributed by atoms with E-state index in [1.165, 1.54) is 20.0 Å². The molecule has 2 N–H and O–H groups in total. The molecule has 0 aliphatic carbocycles. The second kappa shape index (κ2) is 17.8. The maximum Gasteiger partial charge on any atom is 0.305 e. The van der Waals surface area contributed by atoms with Gasteiger partial charge in [0.2, 0.25) is 0 Å². The van der Waals surface area contributed by atoms with E-state index in [2.05, 4.69) is 41.1 Å². The average Bonchev–Trinajstić information content (AvgIpc) is 2.54. The summed E-state index contributed by atoms with van der Waals surface area (Å²) < 4.78 is 4.63. The lowest BCUT2D eigenvalue weighted by atomic mass is 10.0. The van der Waals surface area contributed by atoms with Crippen LogP contribution < -0.4 is 10.6 Å². The average molecular weight is 441 g/mol. The van der Waals surface area contributed by atoms with E-state index in [0.717, 1.165) is 51.3 Å². The first-order valence-electron chi connectivity index (χ1n) is 8.76. The van der Waals surface area contributed by atoms with Crippen molar-refractivity contribution in [3.8, 4) is 0 Å². The first-order chi connectivity index (χ1) is 10.7. The van der Waals surface area contributed by atoms with Gasteiger partial charge < -0.3 is 15.4 Å². The standard InChI is InChI=1S/C17H35N3O2.HI/c1-5-15(6-2)14-20-17(18-7-3)19-13-11-9-8-10-12-16(21)22-4;/h15H,5-14H2,1-4H3,(H2,18,19,20);1H. The van der Waals surface area contributed by atoms with E-state index < -0.39 is 0 Å². The number of nitrogens with one attached hydrogen (secondary N) is 2. The van der Waals surface area contributed by atoms with Crippen molar-refractivity contribution < 1.29 is 9.53 Å². The van der Waals surface area contributed by atoms with Gasteiger partial charge in [-0.05, 0) is 25.7 Å². The second-order valence-corrected chi connectivity index (χ2v) is 5.57. The van der Waals surface area contributed by atoms with Gasteiger partial charge in [0.05, 0.1) is 7.11 Å². The Morgan fingerprint density at radius 3 is 2.26 bits per heavy atom. The number of hydrogen-bond acceptors (Lipinski definition) is 3. The zero-order valence-electron chi connectivity index (χ0n) is 15.3. The van der Waals surface area contributed by atoms with Crippen LogP contribution in [0.1, 0.15) is 65.7 Å². The SMILES string of the molecule is CCNC(=NCC(CC)CC)NCCCCCCC(=O)OC.I. The van der Waals surface area contributed by atoms with Crippen LogP contribution in [-0.2, 0) is 9.53 Å². The number of halogens is 1. The molecule has 0 amide bonds. The van der Waals surface area contributed by atoms with Gasteiger partial charge in [-0.25, -0.2) is 0 Å². The highest BCUT2D eigenvalue weighted by atomic mass is 127. The minimum atomic E-state index is -0.110. The summed E-state index contributed by atoms with van der Waals surface area (Å²) in [5.41, 5.74) is 0. The van der Waals surface area contributed by atoms with E-state index in [4.69, 9.17) is 0 Å². The summed E-state index contributed by atoms with van der Waals surface area (Å²) in [6.45, 7) is 9.22. The van der Waals surface area contributed by atoms with E-state index in [9.17, 15) is 4.79 Å². The van der Waals surface area contributed by atoms with Crippen LogP contribution in [0.2, 0.25) is 0 Å². The summed E-state index contributed by atoms with van der Waals surface area (Å²) >= 11 is 0. The van der Waals surface area contributed by atoms with Gasteiger partial charge in [0.15, 0.2) is 5.96 Å². The Balaban J connectivity index is 0. The smallest absolute Gasteiger partial charge is 0.305 e. The van der Waals surface area contributed by atoms with Crippen LogP contribution in [0.15, 0.2) is 4.99 Å². The van der Waals surface area contributed by atoms with Crippen LogP contribution >= 0.6 is 24.0 Å². The predicted molar refractivity (Wildman–Crippen MR) is 109 cm³/mol. The van der Waals surface area contributed by atoms with Crippen LogP contribution in [0.25, 0.3) is 0 Å². The Morgan fingerprint density at radius 2 is 1.70 bits per heavy atom. The molecule has 0 fully saturated rings. The molecule has 0 saturated carbocycles. The van der Waals surface area contributed by atoms with Crippen molar-refractivity contribution in [1.82, 2.24) is 10.6 Å². The van der Waals surface area contributed by atoms with Gasteiger partial charge in [-0.3, -0.25) is 9.79 Å². The van der Waals surface area contributed by atoms with Gasteiger partial charge in [0, 0.05) is 26.1 Å². The van der Waals surface area contributed by atoms with Gasteiger partial charge in [-0.2, -0.15) is 0 Å².